The Morgan fingerprint density at radius 3 is 2.50 bits per heavy atom. The second kappa shape index (κ2) is 6.61. The van der Waals surface area contributed by atoms with Gasteiger partial charge in [-0.05, 0) is 19.5 Å². The highest BCUT2D eigenvalue weighted by Gasteiger charge is 2.27. The van der Waals surface area contributed by atoms with Gasteiger partial charge in [0.15, 0.2) is 5.75 Å². The van der Waals surface area contributed by atoms with E-state index in [9.17, 15) is 14.9 Å². The fourth-order valence-electron chi connectivity index (χ4n) is 2.68. The molecule has 8 nitrogen and oxygen atoms in total. The van der Waals surface area contributed by atoms with E-state index in [1.54, 1.807) is 0 Å². The Morgan fingerprint density at radius 1 is 1.36 bits per heavy atom. The summed E-state index contributed by atoms with van der Waals surface area (Å²) >= 11 is 0. The molecular formula is C14H19N3O5. The summed E-state index contributed by atoms with van der Waals surface area (Å²) in [6.45, 7) is 4.75. The highest BCUT2D eigenvalue weighted by atomic mass is 16.7. The number of piperazine rings is 1. The monoisotopic (exact) mass is 309 g/mol. The normalized spacial score (nSPS) is 15.6. The molecule has 2 rings (SSSR count). The molecule has 0 saturated carbocycles. The molecule has 8 heteroatoms. The van der Waals surface area contributed by atoms with Crippen LogP contribution in [0, 0.1) is 10.1 Å². The summed E-state index contributed by atoms with van der Waals surface area (Å²) in [5.41, 5.74) is 1.02. The molecule has 0 aliphatic carbocycles. The number of carboxylic acid groups (broad SMARTS) is 1. The number of nitrogens with zero attached hydrogens (tertiary/aromatic N) is 3. The molecule has 1 aliphatic rings. The average Bonchev–Trinajstić information content (AvgIpc) is 2.47. The first kappa shape index (κ1) is 16.0. The number of hydrogen-bond donors (Lipinski definition) is 1. The smallest absolute Gasteiger partial charge is 0.449 e. The maximum absolute atomic E-state index is 11.2. The van der Waals surface area contributed by atoms with Gasteiger partial charge in [0, 0.05) is 32.2 Å². The molecule has 1 aromatic rings. The van der Waals surface area contributed by atoms with Crippen molar-refractivity contribution in [2.75, 3.05) is 38.1 Å². The van der Waals surface area contributed by atoms with Crippen molar-refractivity contribution >= 4 is 17.5 Å². The van der Waals surface area contributed by atoms with E-state index in [2.05, 4.69) is 4.90 Å². The lowest BCUT2D eigenvalue weighted by Crippen LogP contribution is -2.45. The first-order chi connectivity index (χ1) is 10.4. The maximum Gasteiger partial charge on any atom is 0.511 e. The number of ether oxygens (including phenoxy) is 1. The van der Waals surface area contributed by atoms with Crippen LogP contribution in [0.2, 0.25) is 0 Å². The summed E-state index contributed by atoms with van der Waals surface area (Å²) < 4.78 is 4.84. The van der Waals surface area contributed by atoms with Crippen LogP contribution in [0.25, 0.3) is 0 Å². The number of carbonyl (C=O) groups is 1. The van der Waals surface area contributed by atoms with Crippen molar-refractivity contribution in [2.24, 2.45) is 0 Å². The van der Waals surface area contributed by atoms with Gasteiger partial charge >= 0.3 is 6.16 Å². The van der Waals surface area contributed by atoms with E-state index in [0.29, 0.717) is 30.8 Å². The molecule has 0 spiro atoms. The van der Waals surface area contributed by atoms with Crippen LogP contribution >= 0.6 is 0 Å². The van der Waals surface area contributed by atoms with Crippen molar-refractivity contribution in [2.45, 2.75) is 13.3 Å². The Bertz CT molecular complexity index is 582. The Kier molecular flexibility index (Phi) is 4.81. The minimum absolute atomic E-state index is 0.00540. The lowest BCUT2D eigenvalue weighted by molar-refractivity contribution is -0.385. The van der Waals surface area contributed by atoms with Gasteiger partial charge in [0.2, 0.25) is 0 Å². The molecule has 1 aromatic carbocycles. The van der Waals surface area contributed by atoms with Gasteiger partial charge in [-0.2, -0.15) is 0 Å². The number of likely N-dealkylation sites (N-methyl/N-ethyl adjacent to an activating group) is 1. The largest absolute Gasteiger partial charge is 0.511 e. The zero-order valence-electron chi connectivity index (χ0n) is 12.6. The lowest BCUT2D eigenvalue weighted by Gasteiger charge is -2.35. The molecule has 0 radical (unpaired) electrons. The second-order valence-corrected chi connectivity index (χ2v) is 5.18. The minimum atomic E-state index is -1.42. The molecule has 120 valence electrons. The number of hydrogen-bond acceptors (Lipinski definition) is 6. The van der Waals surface area contributed by atoms with Gasteiger partial charge in [-0.3, -0.25) is 10.1 Å². The standard InChI is InChI=1S/C14H19N3O5/c1-3-10-11(17(20)21)4-5-12(22-14(18)19)13(10)16-8-6-15(2)7-9-16/h4-5H,3,6-9H2,1-2H3,(H,18,19). The fourth-order valence-corrected chi connectivity index (χ4v) is 2.68. The van der Waals surface area contributed by atoms with Gasteiger partial charge in [-0.15, -0.1) is 0 Å². The van der Waals surface area contributed by atoms with E-state index in [4.69, 9.17) is 9.84 Å². The van der Waals surface area contributed by atoms with Crippen LogP contribution in [0.5, 0.6) is 5.75 Å². The highest BCUT2D eigenvalue weighted by molar-refractivity contribution is 5.74. The molecule has 0 atom stereocenters. The molecule has 0 amide bonds. The number of nitro groups is 1. The van der Waals surface area contributed by atoms with Crippen molar-refractivity contribution in [3.8, 4) is 5.75 Å². The van der Waals surface area contributed by atoms with Crippen LogP contribution in [0.1, 0.15) is 12.5 Å². The molecule has 0 aromatic heterocycles. The maximum atomic E-state index is 11.2. The van der Waals surface area contributed by atoms with Gasteiger partial charge < -0.3 is 19.6 Å². The van der Waals surface area contributed by atoms with Gasteiger partial charge in [0.05, 0.1) is 16.2 Å². The van der Waals surface area contributed by atoms with Gasteiger partial charge in [-0.1, -0.05) is 6.92 Å². The van der Waals surface area contributed by atoms with Crippen molar-refractivity contribution < 1.29 is 19.6 Å². The van der Waals surface area contributed by atoms with Crippen LogP contribution in [-0.4, -0.2) is 54.3 Å². The van der Waals surface area contributed by atoms with Gasteiger partial charge in [0.1, 0.15) is 0 Å². The predicted octanol–water partition coefficient (Wildman–Crippen LogP) is 1.97. The SMILES string of the molecule is CCc1c([N+](=O)[O-])ccc(OC(=O)O)c1N1CCN(C)CC1. The van der Waals surface area contributed by atoms with Crippen molar-refractivity contribution in [3.05, 3.63) is 27.8 Å². The zero-order chi connectivity index (χ0) is 16.3. The molecule has 1 fully saturated rings. The molecule has 1 saturated heterocycles. The van der Waals surface area contributed by atoms with Crippen molar-refractivity contribution in [1.29, 1.82) is 0 Å². The molecule has 1 aliphatic heterocycles. The lowest BCUT2D eigenvalue weighted by atomic mass is 10.0. The summed E-state index contributed by atoms with van der Waals surface area (Å²) in [5.74, 6) is 0.152. The summed E-state index contributed by atoms with van der Waals surface area (Å²) in [5, 5.41) is 20.1. The van der Waals surface area contributed by atoms with Crippen molar-refractivity contribution in [1.82, 2.24) is 4.90 Å². The number of benzene rings is 1. The third kappa shape index (κ3) is 3.28. The highest BCUT2D eigenvalue weighted by Crippen LogP contribution is 2.39. The number of nitro benzene ring substituents is 1. The second-order valence-electron chi connectivity index (χ2n) is 5.18. The molecule has 0 unspecified atom stereocenters. The third-order valence-electron chi connectivity index (χ3n) is 3.79. The first-order valence-corrected chi connectivity index (χ1v) is 7.08. The Hall–Kier alpha value is -2.35. The molecule has 22 heavy (non-hydrogen) atoms. The van der Waals surface area contributed by atoms with E-state index < -0.39 is 11.1 Å². The summed E-state index contributed by atoms with van der Waals surface area (Å²) in [7, 11) is 2.00. The Labute approximate surface area is 128 Å². The first-order valence-electron chi connectivity index (χ1n) is 7.08. The topological polar surface area (TPSA) is 96.1 Å². The Balaban J connectivity index is 2.51. The van der Waals surface area contributed by atoms with Gasteiger partial charge in [0.25, 0.3) is 5.69 Å². The average molecular weight is 309 g/mol. The predicted molar refractivity (Wildman–Crippen MR) is 80.8 cm³/mol. The summed E-state index contributed by atoms with van der Waals surface area (Å²) in [6.07, 6.45) is -0.999. The summed E-state index contributed by atoms with van der Waals surface area (Å²) in [4.78, 5) is 25.8. The van der Waals surface area contributed by atoms with Crippen LogP contribution < -0.4 is 9.64 Å². The number of anilines is 1. The fraction of sp³-hybridized carbons (Fsp3) is 0.500. The van der Waals surface area contributed by atoms with E-state index in [1.807, 2.05) is 18.9 Å². The van der Waals surface area contributed by atoms with Crippen LogP contribution in [0.15, 0.2) is 12.1 Å². The molecule has 1 N–H and O–H groups in total. The van der Waals surface area contributed by atoms with Crippen LogP contribution in [-0.2, 0) is 6.42 Å². The van der Waals surface area contributed by atoms with E-state index in [-0.39, 0.29) is 11.4 Å². The van der Waals surface area contributed by atoms with E-state index in [0.717, 1.165) is 13.1 Å². The van der Waals surface area contributed by atoms with Gasteiger partial charge in [-0.25, -0.2) is 4.79 Å². The van der Waals surface area contributed by atoms with E-state index in [1.165, 1.54) is 12.1 Å². The van der Waals surface area contributed by atoms with E-state index >= 15 is 0 Å². The quantitative estimate of drug-likeness (QED) is 0.393. The Morgan fingerprint density at radius 2 is 2.00 bits per heavy atom. The zero-order valence-corrected chi connectivity index (χ0v) is 12.6. The minimum Gasteiger partial charge on any atom is -0.449 e. The number of rotatable bonds is 4. The molecule has 0 bridgehead atoms. The molecule has 1 heterocycles. The summed E-state index contributed by atoms with van der Waals surface area (Å²) in [6, 6.07) is 2.66. The van der Waals surface area contributed by atoms with Crippen molar-refractivity contribution in [3.63, 3.8) is 0 Å². The molecular weight excluding hydrogens is 290 g/mol. The van der Waals surface area contributed by atoms with Crippen LogP contribution in [0.3, 0.4) is 0 Å². The van der Waals surface area contributed by atoms with Crippen LogP contribution in [0.4, 0.5) is 16.2 Å². The third-order valence-corrected chi connectivity index (χ3v) is 3.79.